The summed E-state index contributed by atoms with van der Waals surface area (Å²) in [6, 6.07) is 9.97. The first kappa shape index (κ1) is 13.7. The van der Waals surface area contributed by atoms with Gasteiger partial charge in [-0.2, -0.15) is 0 Å². The van der Waals surface area contributed by atoms with Crippen LogP contribution in [0.2, 0.25) is 0 Å². The fraction of sp³-hybridized carbons (Fsp3) is 0.462. The first-order chi connectivity index (χ1) is 8.29. The van der Waals surface area contributed by atoms with Gasteiger partial charge in [-0.25, -0.2) is 0 Å². The molecule has 0 radical (unpaired) electrons. The Balaban J connectivity index is 1.90. The van der Waals surface area contributed by atoms with Crippen molar-refractivity contribution in [2.24, 2.45) is 0 Å². The van der Waals surface area contributed by atoms with Gasteiger partial charge in [0.15, 0.2) is 0 Å². The summed E-state index contributed by atoms with van der Waals surface area (Å²) in [6.45, 7) is 3.72. The summed E-state index contributed by atoms with van der Waals surface area (Å²) in [5, 5.41) is 0. The van der Waals surface area contributed by atoms with Crippen LogP contribution in [0.4, 0.5) is 0 Å². The predicted octanol–water partition coefficient (Wildman–Crippen LogP) is 1.78. The topological polar surface area (TPSA) is 44.8 Å². The van der Waals surface area contributed by atoms with E-state index in [9.17, 15) is 4.79 Å². The largest absolute Gasteiger partial charge is 0.463 e. The smallest absolute Gasteiger partial charge is 0.302 e. The normalized spacial score (nSPS) is 10.2. The maximum Gasteiger partial charge on any atom is 0.302 e. The van der Waals surface area contributed by atoms with E-state index in [1.54, 1.807) is 0 Å². The van der Waals surface area contributed by atoms with Gasteiger partial charge in [0.05, 0.1) is 26.4 Å². The molecule has 0 heterocycles. The lowest BCUT2D eigenvalue weighted by atomic mass is 10.2. The lowest BCUT2D eigenvalue weighted by molar-refractivity contribution is -0.142. The molecule has 94 valence electrons. The summed E-state index contributed by atoms with van der Waals surface area (Å²) in [5.41, 5.74) is 1.15. The van der Waals surface area contributed by atoms with E-state index >= 15 is 0 Å². The minimum atomic E-state index is -0.283. The molecule has 0 spiro atoms. The Morgan fingerprint density at radius 3 is 2.35 bits per heavy atom. The van der Waals surface area contributed by atoms with Gasteiger partial charge < -0.3 is 14.2 Å². The van der Waals surface area contributed by atoms with Crippen LogP contribution in [0.5, 0.6) is 0 Å². The Morgan fingerprint density at radius 1 is 1.00 bits per heavy atom. The zero-order valence-corrected chi connectivity index (χ0v) is 10.1. The predicted molar refractivity (Wildman–Crippen MR) is 63.6 cm³/mol. The zero-order chi connectivity index (χ0) is 12.3. The van der Waals surface area contributed by atoms with Crippen molar-refractivity contribution in [1.29, 1.82) is 0 Å². The first-order valence-electron chi connectivity index (χ1n) is 5.62. The summed E-state index contributed by atoms with van der Waals surface area (Å²) in [6.07, 6.45) is 0. The second-order valence-corrected chi connectivity index (χ2v) is 3.49. The van der Waals surface area contributed by atoms with E-state index in [1.165, 1.54) is 6.92 Å². The molecule has 0 bridgehead atoms. The molecule has 0 saturated carbocycles. The third-order valence-electron chi connectivity index (χ3n) is 2.02. The monoisotopic (exact) mass is 238 g/mol. The molecule has 0 fully saturated rings. The standard InChI is InChI=1S/C13H18O4/c1-12(14)17-10-9-15-7-8-16-11-13-5-3-2-4-6-13/h2-6H,7-11H2,1H3. The number of benzene rings is 1. The lowest BCUT2D eigenvalue weighted by Crippen LogP contribution is -2.11. The highest BCUT2D eigenvalue weighted by atomic mass is 16.6. The Bertz CT molecular complexity index is 310. The molecule has 4 heteroatoms. The van der Waals surface area contributed by atoms with Crippen LogP contribution in [0, 0.1) is 0 Å². The molecule has 0 aliphatic carbocycles. The van der Waals surface area contributed by atoms with Gasteiger partial charge in [-0.15, -0.1) is 0 Å². The van der Waals surface area contributed by atoms with Crippen molar-refractivity contribution in [3.8, 4) is 0 Å². The molecule has 0 amide bonds. The molecule has 0 aliphatic rings. The van der Waals surface area contributed by atoms with Crippen molar-refractivity contribution < 1.29 is 19.0 Å². The van der Waals surface area contributed by atoms with E-state index in [2.05, 4.69) is 0 Å². The van der Waals surface area contributed by atoms with Crippen LogP contribution in [-0.2, 0) is 25.6 Å². The number of hydrogen-bond acceptors (Lipinski definition) is 4. The van der Waals surface area contributed by atoms with Crippen molar-refractivity contribution in [3.05, 3.63) is 35.9 Å². The minimum absolute atomic E-state index is 0.283. The van der Waals surface area contributed by atoms with Crippen molar-refractivity contribution >= 4 is 5.97 Å². The van der Waals surface area contributed by atoms with Gasteiger partial charge in [0, 0.05) is 6.92 Å². The quantitative estimate of drug-likeness (QED) is 0.511. The van der Waals surface area contributed by atoms with Gasteiger partial charge in [-0.1, -0.05) is 30.3 Å². The molecule has 4 nitrogen and oxygen atoms in total. The highest BCUT2D eigenvalue weighted by Crippen LogP contribution is 1.99. The molecule has 1 aromatic carbocycles. The van der Waals surface area contributed by atoms with Gasteiger partial charge in [0.25, 0.3) is 0 Å². The van der Waals surface area contributed by atoms with Crippen LogP contribution in [0.25, 0.3) is 0 Å². The summed E-state index contributed by atoms with van der Waals surface area (Å²) in [5.74, 6) is -0.283. The zero-order valence-electron chi connectivity index (χ0n) is 10.1. The number of esters is 1. The van der Waals surface area contributed by atoms with Crippen LogP contribution < -0.4 is 0 Å². The Kier molecular flexibility index (Phi) is 7.02. The molecule has 0 atom stereocenters. The second kappa shape index (κ2) is 8.73. The molecular weight excluding hydrogens is 220 g/mol. The van der Waals surface area contributed by atoms with Crippen LogP contribution in [0.1, 0.15) is 12.5 Å². The molecule has 0 aliphatic heterocycles. The molecule has 0 unspecified atom stereocenters. The minimum Gasteiger partial charge on any atom is -0.463 e. The fourth-order valence-corrected chi connectivity index (χ4v) is 1.23. The molecule has 1 aromatic rings. The third-order valence-corrected chi connectivity index (χ3v) is 2.02. The van der Waals surface area contributed by atoms with E-state index in [0.29, 0.717) is 33.0 Å². The molecule has 1 rings (SSSR count). The van der Waals surface area contributed by atoms with Gasteiger partial charge in [-0.05, 0) is 5.56 Å². The molecular formula is C13H18O4. The van der Waals surface area contributed by atoms with Gasteiger partial charge in [0.2, 0.25) is 0 Å². The van der Waals surface area contributed by atoms with Crippen molar-refractivity contribution in [2.75, 3.05) is 26.4 Å². The number of carbonyl (C=O) groups excluding carboxylic acids is 1. The molecule has 0 aromatic heterocycles. The van der Waals surface area contributed by atoms with Crippen molar-refractivity contribution in [2.45, 2.75) is 13.5 Å². The fourth-order valence-electron chi connectivity index (χ4n) is 1.23. The van der Waals surface area contributed by atoms with E-state index in [1.807, 2.05) is 30.3 Å². The Morgan fingerprint density at radius 2 is 1.65 bits per heavy atom. The summed E-state index contributed by atoms with van der Waals surface area (Å²) in [4.78, 5) is 10.4. The van der Waals surface area contributed by atoms with E-state index in [0.717, 1.165) is 5.56 Å². The highest BCUT2D eigenvalue weighted by molar-refractivity contribution is 5.65. The number of ether oxygens (including phenoxy) is 3. The Hall–Kier alpha value is -1.39. The maximum absolute atomic E-state index is 10.4. The Labute approximate surface area is 101 Å². The SMILES string of the molecule is CC(=O)OCCOCCOCc1ccccc1. The van der Waals surface area contributed by atoms with Crippen LogP contribution >= 0.6 is 0 Å². The van der Waals surface area contributed by atoms with Gasteiger partial charge in [0.1, 0.15) is 6.61 Å². The maximum atomic E-state index is 10.4. The summed E-state index contributed by atoms with van der Waals surface area (Å²) in [7, 11) is 0. The van der Waals surface area contributed by atoms with E-state index in [4.69, 9.17) is 14.2 Å². The second-order valence-electron chi connectivity index (χ2n) is 3.49. The summed E-state index contributed by atoms with van der Waals surface area (Å²) >= 11 is 0. The lowest BCUT2D eigenvalue weighted by Gasteiger charge is -2.06. The van der Waals surface area contributed by atoms with Crippen molar-refractivity contribution in [3.63, 3.8) is 0 Å². The average molecular weight is 238 g/mol. The van der Waals surface area contributed by atoms with Crippen LogP contribution in [0.15, 0.2) is 30.3 Å². The average Bonchev–Trinajstić information content (AvgIpc) is 2.33. The van der Waals surface area contributed by atoms with E-state index in [-0.39, 0.29) is 5.97 Å². The molecule has 0 saturated heterocycles. The van der Waals surface area contributed by atoms with Gasteiger partial charge >= 0.3 is 5.97 Å². The first-order valence-corrected chi connectivity index (χ1v) is 5.62. The van der Waals surface area contributed by atoms with Crippen LogP contribution in [0.3, 0.4) is 0 Å². The molecule has 17 heavy (non-hydrogen) atoms. The van der Waals surface area contributed by atoms with Crippen LogP contribution in [-0.4, -0.2) is 32.4 Å². The number of rotatable bonds is 8. The number of hydrogen-bond donors (Lipinski definition) is 0. The summed E-state index contributed by atoms with van der Waals surface area (Å²) < 4.78 is 15.3. The number of carbonyl (C=O) groups is 1. The third kappa shape index (κ3) is 7.49. The van der Waals surface area contributed by atoms with Gasteiger partial charge in [-0.3, -0.25) is 4.79 Å². The molecule has 0 N–H and O–H groups in total. The highest BCUT2D eigenvalue weighted by Gasteiger charge is 1.94. The van der Waals surface area contributed by atoms with Crippen molar-refractivity contribution in [1.82, 2.24) is 0 Å². The van der Waals surface area contributed by atoms with E-state index < -0.39 is 0 Å².